The summed E-state index contributed by atoms with van der Waals surface area (Å²) in [4.78, 5) is 11.3. The lowest BCUT2D eigenvalue weighted by Crippen LogP contribution is -2.21. The molecule has 7 nitrogen and oxygen atoms in total. The molecule has 3 aromatic rings. The van der Waals surface area contributed by atoms with Crippen molar-refractivity contribution in [2.75, 3.05) is 0 Å². The van der Waals surface area contributed by atoms with Crippen molar-refractivity contribution in [3.8, 4) is 0 Å². The zero-order chi connectivity index (χ0) is 20.3. The number of rotatable bonds is 4. The minimum atomic E-state index is -5.08. The van der Waals surface area contributed by atoms with Gasteiger partial charge in [-0.3, -0.25) is 9.58 Å². The van der Waals surface area contributed by atoms with Gasteiger partial charge >= 0.3 is 12.1 Å². The Morgan fingerprint density at radius 1 is 1.25 bits per heavy atom. The summed E-state index contributed by atoms with van der Waals surface area (Å²) in [6, 6.07) is 6.13. The fraction of sp³-hybridized carbons (Fsp3) is 0.333. The summed E-state index contributed by atoms with van der Waals surface area (Å²) in [5.41, 5.74) is 5.12. The SMILES string of the molecule is Cn1nc(Cn2cccc2)c2c1CN(Cc1ccoc1)C2.O=C(O)C(F)(F)F. The van der Waals surface area contributed by atoms with E-state index in [4.69, 9.17) is 14.3 Å². The second-order valence-electron chi connectivity index (χ2n) is 6.43. The number of halogens is 3. The van der Waals surface area contributed by atoms with Crippen LogP contribution in [0.4, 0.5) is 13.2 Å². The third-order valence-corrected chi connectivity index (χ3v) is 4.34. The topological polar surface area (TPSA) is 76.4 Å². The van der Waals surface area contributed by atoms with E-state index in [1.807, 2.05) is 36.2 Å². The predicted octanol–water partition coefficient (Wildman–Crippen LogP) is 3.01. The van der Waals surface area contributed by atoms with Crippen LogP contribution in [0.25, 0.3) is 0 Å². The van der Waals surface area contributed by atoms with Crippen LogP contribution in [0.3, 0.4) is 0 Å². The highest BCUT2D eigenvalue weighted by Crippen LogP contribution is 2.27. The number of carbonyl (C=O) groups is 1. The lowest BCUT2D eigenvalue weighted by molar-refractivity contribution is -0.192. The summed E-state index contributed by atoms with van der Waals surface area (Å²) in [5, 5.41) is 11.8. The first-order valence-electron chi connectivity index (χ1n) is 8.42. The molecule has 0 unspecified atom stereocenters. The molecule has 0 fully saturated rings. The van der Waals surface area contributed by atoms with E-state index in [0.717, 1.165) is 26.2 Å². The van der Waals surface area contributed by atoms with Gasteiger partial charge < -0.3 is 14.1 Å². The summed E-state index contributed by atoms with van der Waals surface area (Å²) >= 11 is 0. The Kier molecular flexibility index (Phi) is 5.59. The van der Waals surface area contributed by atoms with Crippen molar-refractivity contribution in [1.82, 2.24) is 19.2 Å². The molecule has 150 valence electrons. The van der Waals surface area contributed by atoms with Crippen molar-refractivity contribution in [3.05, 3.63) is 65.6 Å². The molecule has 3 aromatic heterocycles. The molecule has 0 aliphatic carbocycles. The highest BCUT2D eigenvalue weighted by molar-refractivity contribution is 5.73. The summed E-state index contributed by atoms with van der Waals surface area (Å²) in [6.45, 7) is 3.69. The standard InChI is InChI=1S/C16H18N4O.C2HF3O2/c1-18-16-11-20(8-13-4-7-21-12-13)9-14(16)15(17-18)10-19-5-2-3-6-19;3-2(4,5)1(6)7/h2-7,12H,8-11H2,1H3;(H,6,7). The van der Waals surface area contributed by atoms with Gasteiger partial charge in [0.1, 0.15) is 0 Å². The van der Waals surface area contributed by atoms with E-state index in [0.29, 0.717) is 0 Å². The van der Waals surface area contributed by atoms with E-state index in [-0.39, 0.29) is 0 Å². The first-order chi connectivity index (χ1) is 13.2. The van der Waals surface area contributed by atoms with E-state index in [1.54, 1.807) is 6.26 Å². The van der Waals surface area contributed by atoms with Crippen molar-refractivity contribution in [1.29, 1.82) is 0 Å². The van der Waals surface area contributed by atoms with Crippen LogP contribution in [0.15, 0.2) is 47.5 Å². The van der Waals surface area contributed by atoms with E-state index in [1.165, 1.54) is 22.5 Å². The van der Waals surface area contributed by atoms with Gasteiger partial charge in [0.05, 0.1) is 30.5 Å². The number of carboxylic acid groups (broad SMARTS) is 1. The normalized spacial score (nSPS) is 13.9. The number of hydrogen-bond acceptors (Lipinski definition) is 4. The molecule has 10 heteroatoms. The van der Waals surface area contributed by atoms with Crippen molar-refractivity contribution in [2.24, 2.45) is 7.05 Å². The number of alkyl halides is 3. The molecule has 0 saturated carbocycles. The Morgan fingerprint density at radius 2 is 1.93 bits per heavy atom. The molecule has 0 spiro atoms. The van der Waals surface area contributed by atoms with Gasteiger partial charge in [0.25, 0.3) is 0 Å². The maximum atomic E-state index is 10.6. The minimum absolute atomic E-state index is 0.843. The zero-order valence-electron chi connectivity index (χ0n) is 15.1. The third-order valence-electron chi connectivity index (χ3n) is 4.34. The van der Waals surface area contributed by atoms with Crippen LogP contribution in [0.5, 0.6) is 0 Å². The lowest BCUT2D eigenvalue weighted by atomic mass is 10.2. The highest BCUT2D eigenvalue weighted by Gasteiger charge is 2.38. The molecule has 4 rings (SSSR count). The van der Waals surface area contributed by atoms with Gasteiger partial charge in [-0.25, -0.2) is 4.79 Å². The number of hydrogen-bond donors (Lipinski definition) is 1. The fourth-order valence-electron chi connectivity index (χ4n) is 3.06. The number of furan rings is 1. The van der Waals surface area contributed by atoms with Crippen LogP contribution in [0.2, 0.25) is 0 Å². The second-order valence-corrected chi connectivity index (χ2v) is 6.43. The first kappa shape index (κ1) is 19.7. The first-order valence-corrected chi connectivity index (χ1v) is 8.42. The molecule has 0 saturated heterocycles. The molecule has 1 aliphatic heterocycles. The van der Waals surface area contributed by atoms with Gasteiger partial charge in [-0.2, -0.15) is 18.3 Å². The Hall–Kier alpha value is -3.01. The third kappa shape index (κ3) is 4.63. The number of carboxylic acids is 1. The van der Waals surface area contributed by atoms with Crippen molar-refractivity contribution >= 4 is 5.97 Å². The Bertz CT molecular complexity index is 915. The molecule has 28 heavy (non-hydrogen) atoms. The van der Waals surface area contributed by atoms with Crippen LogP contribution in [-0.2, 0) is 38.0 Å². The van der Waals surface area contributed by atoms with Crippen molar-refractivity contribution < 1.29 is 27.5 Å². The molecule has 0 amide bonds. The number of nitrogens with zero attached hydrogens (tertiary/aromatic N) is 4. The Labute approximate surface area is 158 Å². The fourth-order valence-corrected chi connectivity index (χ4v) is 3.06. The van der Waals surface area contributed by atoms with E-state index >= 15 is 0 Å². The van der Waals surface area contributed by atoms with Gasteiger partial charge in [0.2, 0.25) is 0 Å². The highest BCUT2D eigenvalue weighted by atomic mass is 19.4. The molecular formula is C18H19F3N4O3. The van der Waals surface area contributed by atoms with Crippen LogP contribution in [0, 0.1) is 0 Å². The minimum Gasteiger partial charge on any atom is -0.475 e. The zero-order valence-corrected chi connectivity index (χ0v) is 15.1. The average molecular weight is 396 g/mol. The lowest BCUT2D eigenvalue weighted by Gasteiger charge is -2.14. The average Bonchev–Trinajstić information content (AvgIpc) is 3.37. The van der Waals surface area contributed by atoms with Crippen LogP contribution in [-0.4, -0.2) is 36.5 Å². The molecule has 0 radical (unpaired) electrons. The Balaban J connectivity index is 0.000000279. The number of aliphatic carboxylic acids is 1. The number of aromatic nitrogens is 3. The largest absolute Gasteiger partial charge is 0.490 e. The smallest absolute Gasteiger partial charge is 0.475 e. The van der Waals surface area contributed by atoms with E-state index in [2.05, 4.69) is 27.0 Å². The monoisotopic (exact) mass is 396 g/mol. The number of aryl methyl sites for hydroxylation is 1. The summed E-state index contributed by atoms with van der Waals surface area (Å²) in [6.07, 6.45) is 2.64. The summed E-state index contributed by atoms with van der Waals surface area (Å²) in [7, 11) is 2.04. The van der Waals surface area contributed by atoms with Crippen LogP contribution >= 0.6 is 0 Å². The summed E-state index contributed by atoms with van der Waals surface area (Å²) < 4.78 is 41.1. The van der Waals surface area contributed by atoms with E-state index in [9.17, 15) is 13.2 Å². The van der Waals surface area contributed by atoms with Gasteiger partial charge in [-0.05, 0) is 18.2 Å². The van der Waals surface area contributed by atoms with Crippen LogP contribution < -0.4 is 0 Å². The molecule has 1 aliphatic rings. The van der Waals surface area contributed by atoms with Crippen LogP contribution in [0.1, 0.15) is 22.5 Å². The van der Waals surface area contributed by atoms with Gasteiger partial charge in [-0.1, -0.05) is 0 Å². The predicted molar refractivity (Wildman–Crippen MR) is 92.1 cm³/mol. The van der Waals surface area contributed by atoms with Gasteiger partial charge in [0, 0.05) is 50.2 Å². The maximum absolute atomic E-state index is 10.6. The van der Waals surface area contributed by atoms with Gasteiger partial charge in [0.15, 0.2) is 0 Å². The summed E-state index contributed by atoms with van der Waals surface area (Å²) in [5.74, 6) is -2.76. The van der Waals surface area contributed by atoms with Crippen molar-refractivity contribution in [3.63, 3.8) is 0 Å². The maximum Gasteiger partial charge on any atom is 0.490 e. The molecule has 0 bridgehead atoms. The van der Waals surface area contributed by atoms with E-state index < -0.39 is 12.1 Å². The molecule has 0 aromatic carbocycles. The quantitative estimate of drug-likeness (QED) is 0.734. The molecule has 4 heterocycles. The molecular weight excluding hydrogens is 377 g/mol. The number of fused-ring (bicyclic) bond motifs is 1. The van der Waals surface area contributed by atoms with Gasteiger partial charge in [-0.15, -0.1) is 0 Å². The Morgan fingerprint density at radius 3 is 2.50 bits per heavy atom. The van der Waals surface area contributed by atoms with Crippen molar-refractivity contribution in [2.45, 2.75) is 32.4 Å². The molecule has 1 N–H and O–H groups in total. The molecule has 0 atom stereocenters. The second kappa shape index (κ2) is 7.93.